The van der Waals surface area contributed by atoms with Crippen molar-refractivity contribution in [1.29, 1.82) is 0 Å². The van der Waals surface area contributed by atoms with Gasteiger partial charge in [-0.15, -0.1) is 11.3 Å². The zero-order valence-electron chi connectivity index (χ0n) is 7.31. The molecule has 1 saturated carbocycles. The molecule has 1 nitrogen and oxygen atoms in total. The minimum atomic E-state index is 0.590. The summed E-state index contributed by atoms with van der Waals surface area (Å²) in [6, 6.07) is 0. The summed E-state index contributed by atoms with van der Waals surface area (Å²) in [5, 5.41) is 5.84. The molecule has 0 aromatic carbocycles. The van der Waals surface area contributed by atoms with E-state index in [9.17, 15) is 0 Å². The predicted octanol–water partition coefficient (Wildman–Crippen LogP) is 2.19. The standard InChI is InChI=1S/C10H13NS/c1-7-5-12-9-8(7)4-11-6-10(9)2-3-10/h5,11H,2-4,6H2,1H3. The van der Waals surface area contributed by atoms with Gasteiger partial charge in [0.15, 0.2) is 0 Å². The molecule has 1 aliphatic heterocycles. The van der Waals surface area contributed by atoms with Crippen molar-refractivity contribution in [2.75, 3.05) is 6.54 Å². The monoisotopic (exact) mass is 179 g/mol. The van der Waals surface area contributed by atoms with E-state index in [1.165, 1.54) is 24.9 Å². The molecule has 2 heteroatoms. The number of aryl methyl sites for hydroxylation is 1. The molecular formula is C10H13NS. The molecule has 1 N–H and O–H groups in total. The van der Waals surface area contributed by atoms with Crippen LogP contribution >= 0.6 is 11.3 Å². The molecule has 3 rings (SSSR count). The van der Waals surface area contributed by atoms with Crippen molar-refractivity contribution in [2.24, 2.45) is 0 Å². The molecule has 64 valence electrons. The van der Waals surface area contributed by atoms with Gasteiger partial charge in [0.2, 0.25) is 0 Å². The zero-order chi connectivity index (χ0) is 8.18. The molecule has 0 unspecified atom stereocenters. The van der Waals surface area contributed by atoms with Gasteiger partial charge >= 0.3 is 0 Å². The maximum Gasteiger partial charge on any atom is 0.0219 e. The van der Waals surface area contributed by atoms with E-state index < -0.39 is 0 Å². The highest BCUT2D eigenvalue weighted by Gasteiger charge is 2.48. The molecule has 0 bridgehead atoms. The number of hydrogen-bond donors (Lipinski definition) is 1. The molecule has 0 amide bonds. The second kappa shape index (κ2) is 2.12. The highest BCUT2D eigenvalue weighted by molar-refractivity contribution is 7.10. The fourth-order valence-electron chi connectivity index (χ4n) is 2.20. The Kier molecular flexibility index (Phi) is 1.25. The second-order valence-corrected chi connectivity index (χ2v) is 4.99. The summed E-state index contributed by atoms with van der Waals surface area (Å²) in [5.74, 6) is 0. The number of hydrogen-bond acceptors (Lipinski definition) is 2. The Bertz CT molecular complexity index is 323. The van der Waals surface area contributed by atoms with Gasteiger partial charge in [0.05, 0.1) is 0 Å². The summed E-state index contributed by atoms with van der Waals surface area (Å²) in [7, 11) is 0. The number of fused-ring (bicyclic) bond motifs is 2. The van der Waals surface area contributed by atoms with E-state index in [2.05, 4.69) is 17.6 Å². The Morgan fingerprint density at radius 1 is 1.50 bits per heavy atom. The molecule has 2 heterocycles. The molecule has 12 heavy (non-hydrogen) atoms. The van der Waals surface area contributed by atoms with Crippen molar-refractivity contribution in [3.8, 4) is 0 Å². The van der Waals surface area contributed by atoms with Crippen molar-refractivity contribution in [3.05, 3.63) is 21.4 Å². The van der Waals surface area contributed by atoms with Gasteiger partial charge in [0.25, 0.3) is 0 Å². The van der Waals surface area contributed by atoms with Crippen molar-refractivity contribution in [3.63, 3.8) is 0 Å². The summed E-state index contributed by atoms with van der Waals surface area (Å²) >= 11 is 1.98. The maximum absolute atomic E-state index is 3.53. The van der Waals surface area contributed by atoms with Crippen LogP contribution in [0.1, 0.15) is 28.8 Å². The largest absolute Gasteiger partial charge is 0.312 e. The highest BCUT2D eigenvalue weighted by Crippen LogP contribution is 2.53. The van der Waals surface area contributed by atoms with E-state index in [1.54, 1.807) is 10.4 Å². The first kappa shape index (κ1) is 7.10. The lowest BCUT2D eigenvalue weighted by molar-refractivity contribution is 0.540. The van der Waals surface area contributed by atoms with E-state index in [1.807, 2.05) is 11.3 Å². The Hall–Kier alpha value is -0.340. The first-order chi connectivity index (χ1) is 5.82. The third-order valence-electron chi connectivity index (χ3n) is 3.20. The van der Waals surface area contributed by atoms with Crippen LogP contribution in [-0.2, 0) is 12.0 Å². The van der Waals surface area contributed by atoms with Crippen LogP contribution in [0.3, 0.4) is 0 Å². The number of rotatable bonds is 0. The van der Waals surface area contributed by atoms with Crippen LogP contribution in [-0.4, -0.2) is 6.54 Å². The first-order valence-corrected chi connectivity index (χ1v) is 5.48. The number of nitrogens with one attached hydrogen (secondary N) is 1. The Labute approximate surface area is 76.8 Å². The van der Waals surface area contributed by atoms with Gasteiger partial charge < -0.3 is 5.32 Å². The molecule has 0 atom stereocenters. The van der Waals surface area contributed by atoms with Gasteiger partial charge in [-0.1, -0.05) is 0 Å². The molecule has 1 spiro atoms. The summed E-state index contributed by atoms with van der Waals surface area (Å²) in [4.78, 5) is 1.69. The van der Waals surface area contributed by atoms with Crippen molar-refractivity contribution < 1.29 is 0 Å². The minimum Gasteiger partial charge on any atom is -0.312 e. The molecule has 1 aromatic heterocycles. The van der Waals surface area contributed by atoms with Crippen LogP contribution in [0.2, 0.25) is 0 Å². The molecule has 1 aliphatic carbocycles. The summed E-state index contributed by atoms with van der Waals surface area (Å²) in [6.07, 6.45) is 2.82. The van der Waals surface area contributed by atoms with E-state index in [0.717, 1.165) is 6.54 Å². The van der Waals surface area contributed by atoms with Crippen LogP contribution in [0.4, 0.5) is 0 Å². The highest BCUT2D eigenvalue weighted by atomic mass is 32.1. The summed E-state index contributed by atoms with van der Waals surface area (Å²) < 4.78 is 0. The molecule has 1 fully saturated rings. The van der Waals surface area contributed by atoms with Crippen molar-refractivity contribution in [2.45, 2.75) is 31.7 Å². The van der Waals surface area contributed by atoms with Gasteiger partial charge in [-0.2, -0.15) is 0 Å². The molecule has 2 aliphatic rings. The summed E-state index contributed by atoms with van der Waals surface area (Å²) in [6.45, 7) is 4.56. The zero-order valence-corrected chi connectivity index (χ0v) is 8.13. The quantitative estimate of drug-likeness (QED) is 0.643. The Balaban J connectivity index is 2.17. The third-order valence-corrected chi connectivity index (χ3v) is 4.59. The third kappa shape index (κ3) is 0.771. The molecule has 0 radical (unpaired) electrons. The fourth-order valence-corrected chi connectivity index (χ4v) is 3.53. The average Bonchev–Trinajstić information content (AvgIpc) is 2.73. The number of thiophene rings is 1. The van der Waals surface area contributed by atoms with E-state index in [4.69, 9.17) is 0 Å². The minimum absolute atomic E-state index is 0.590. The van der Waals surface area contributed by atoms with Gasteiger partial charge in [-0.05, 0) is 36.3 Å². The van der Waals surface area contributed by atoms with Gasteiger partial charge in [0, 0.05) is 23.4 Å². The Morgan fingerprint density at radius 2 is 2.33 bits per heavy atom. The predicted molar refractivity (Wildman–Crippen MR) is 51.7 cm³/mol. The lowest BCUT2D eigenvalue weighted by Gasteiger charge is -2.23. The molecular weight excluding hydrogens is 166 g/mol. The van der Waals surface area contributed by atoms with Gasteiger partial charge in [-0.3, -0.25) is 0 Å². The topological polar surface area (TPSA) is 12.0 Å². The average molecular weight is 179 g/mol. The normalized spacial score (nSPS) is 24.1. The van der Waals surface area contributed by atoms with E-state index >= 15 is 0 Å². The SMILES string of the molecule is Cc1csc2c1CNCC21CC1. The van der Waals surface area contributed by atoms with Crippen LogP contribution in [0, 0.1) is 6.92 Å². The maximum atomic E-state index is 3.53. The van der Waals surface area contributed by atoms with Crippen LogP contribution < -0.4 is 5.32 Å². The van der Waals surface area contributed by atoms with Crippen LogP contribution in [0.5, 0.6) is 0 Å². The van der Waals surface area contributed by atoms with Gasteiger partial charge in [-0.25, -0.2) is 0 Å². The first-order valence-electron chi connectivity index (χ1n) is 4.60. The van der Waals surface area contributed by atoms with E-state index in [0.29, 0.717) is 5.41 Å². The van der Waals surface area contributed by atoms with E-state index in [-0.39, 0.29) is 0 Å². The van der Waals surface area contributed by atoms with Crippen LogP contribution in [0.25, 0.3) is 0 Å². The van der Waals surface area contributed by atoms with Gasteiger partial charge in [0.1, 0.15) is 0 Å². The lowest BCUT2D eigenvalue weighted by atomic mass is 9.95. The smallest absolute Gasteiger partial charge is 0.0219 e. The fraction of sp³-hybridized carbons (Fsp3) is 0.600. The lowest BCUT2D eigenvalue weighted by Crippen LogP contribution is -2.32. The molecule has 0 saturated heterocycles. The molecule has 1 aromatic rings. The van der Waals surface area contributed by atoms with Crippen molar-refractivity contribution >= 4 is 11.3 Å². The summed E-state index contributed by atoms with van der Waals surface area (Å²) in [5.41, 5.74) is 3.68. The Morgan fingerprint density at radius 3 is 3.08 bits per heavy atom. The van der Waals surface area contributed by atoms with Crippen LogP contribution in [0.15, 0.2) is 5.38 Å². The second-order valence-electron chi connectivity index (χ2n) is 4.11. The van der Waals surface area contributed by atoms with Crippen molar-refractivity contribution in [1.82, 2.24) is 5.32 Å².